The first-order valence-corrected chi connectivity index (χ1v) is 10.8. The Balaban J connectivity index is 1.61. The van der Waals surface area contributed by atoms with Gasteiger partial charge in [0.05, 0.1) is 11.1 Å². The summed E-state index contributed by atoms with van der Waals surface area (Å²) >= 11 is 1.34. The highest BCUT2D eigenvalue weighted by atomic mass is 32.2. The maximum absolute atomic E-state index is 12.9. The lowest BCUT2D eigenvalue weighted by Gasteiger charge is -2.12. The fourth-order valence-electron chi connectivity index (χ4n) is 3.36. The SMILES string of the molecule is Cc1ccc2c(COC(=O)c3ccccc3Sc3ccccc3C#N)cc(=O)oc2c1C. The molecule has 0 bridgehead atoms. The fourth-order valence-corrected chi connectivity index (χ4v) is 4.37. The number of aryl methyl sites for hydroxylation is 2. The molecule has 0 fully saturated rings. The Kier molecular flexibility index (Phi) is 6.11. The van der Waals surface area contributed by atoms with Crippen LogP contribution in [0.2, 0.25) is 0 Å². The third-order valence-electron chi connectivity index (χ3n) is 5.21. The molecule has 4 aromatic rings. The Morgan fingerprint density at radius 2 is 1.75 bits per heavy atom. The molecule has 0 saturated carbocycles. The summed E-state index contributed by atoms with van der Waals surface area (Å²) in [5.41, 5.74) is 3.43. The summed E-state index contributed by atoms with van der Waals surface area (Å²) in [4.78, 5) is 26.4. The van der Waals surface area contributed by atoms with Crippen molar-refractivity contribution in [2.75, 3.05) is 0 Å². The van der Waals surface area contributed by atoms with Crippen molar-refractivity contribution in [2.45, 2.75) is 30.2 Å². The quantitative estimate of drug-likeness (QED) is 0.288. The van der Waals surface area contributed by atoms with E-state index in [4.69, 9.17) is 9.15 Å². The molecule has 0 amide bonds. The van der Waals surface area contributed by atoms with Crippen molar-refractivity contribution in [3.8, 4) is 6.07 Å². The number of ether oxygens (including phenoxy) is 1. The van der Waals surface area contributed by atoms with Crippen molar-refractivity contribution in [2.24, 2.45) is 0 Å². The van der Waals surface area contributed by atoms with Gasteiger partial charge < -0.3 is 9.15 Å². The molecule has 4 rings (SSSR count). The molecule has 5 nitrogen and oxygen atoms in total. The van der Waals surface area contributed by atoms with E-state index in [1.54, 1.807) is 24.3 Å². The standard InChI is InChI=1S/C26H19NO4S/c1-16-11-12-20-19(13-24(28)31-25(20)17(16)2)15-30-26(29)21-8-4-6-10-23(21)32-22-9-5-3-7-18(22)14-27/h3-13H,15H2,1-2H3. The normalized spacial score (nSPS) is 10.7. The molecule has 1 heterocycles. The Hall–Kier alpha value is -3.82. The minimum Gasteiger partial charge on any atom is -0.457 e. The van der Waals surface area contributed by atoms with E-state index in [-0.39, 0.29) is 6.61 Å². The molecule has 1 aromatic heterocycles. The molecule has 0 spiro atoms. The number of benzene rings is 3. The predicted molar refractivity (Wildman–Crippen MR) is 123 cm³/mol. The Bertz CT molecular complexity index is 1430. The molecule has 0 atom stereocenters. The molecular weight excluding hydrogens is 422 g/mol. The van der Waals surface area contributed by atoms with Crippen molar-refractivity contribution in [1.82, 2.24) is 0 Å². The largest absolute Gasteiger partial charge is 0.457 e. The van der Waals surface area contributed by atoms with Gasteiger partial charge in [0.15, 0.2) is 0 Å². The Morgan fingerprint density at radius 3 is 2.53 bits per heavy atom. The maximum Gasteiger partial charge on any atom is 0.339 e. The average molecular weight is 442 g/mol. The molecule has 0 aliphatic carbocycles. The number of fused-ring (bicyclic) bond motifs is 1. The molecule has 0 aliphatic rings. The van der Waals surface area contributed by atoms with E-state index in [0.29, 0.717) is 27.2 Å². The highest BCUT2D eigenvalue weighted by molar-refractivity contribution is 7.99. The van der Waals surface area contributed by atoms with Crippen LogP contribution in [-0.2, 0) is 11.3 Å². The zero-order valence-corrected chi connectivity index (χ0v) is 18.4. The van der Waals surface area contributed by atoms with E-state index in [1.807, 2.05) is 50.2 Å². The van der Waals surface area contributed by atoms with Gasteiger partial charge in [0.1, 0.15) is 18.3 Å². The molecule has 6 heteroatoms. The minimum atomic E-state index is -0.507. The van der Waals surface area contributed by atoms with Gasteiger partial charge in [-0.2, -0.15) is 5.26 Å². The van der Waals surface area contributed by atoms with Crippen LogP contribution in [0.1, 0.15) is 32.6 Å². The summed E-state index contributed by atoms with van der Waals surface area (Å²) in [5, 5.41) is 10.1. The highest BCUT2D eigenvalue weighted by Crippen LogP contribution is 2.33. The topological polar surface area (TPSA) is 80.3 Å². The molecule has 0 unspecified atom stereocenters. The highest BCUT2D eigenvalue weighted by Gasteiger charge is 2.16. The molecule has 0 saturated heterocycles. The Morgan fingerprint density at radius 1 is 1.03 bits per heavy atom. The van der Waals surface area contributed by atoms with Gasteiger partial charge in [-0.1, -0.05) is 48.2 Å². The lowest BCUT2D eigenvalue weighted by molar-refractivity contribution is 0.0469. The van der Waals surface area contributed by atoms with Crippen LogP contribution in [0.3, 0.4) is 0 Å². The lowest BCUT2D eigenvalue weighted by Crippen LogP contribution is -2.09. The molecule has 0 radical (unpaired) electrons. The summed E-state index contributed by atoms with van der Waals surface area (Å²) in [6, 6.07) is 21.6. The van der Waals surface area contributed by atoms with Gasteiger partial charge in [0, 0.05) is 26.8 Å². The number of rotatable bonds is 5. The van der Waals surface area contributed by atoms with Crippen LogP contribution in [0.15, 0.2) is 85.7 Å². The summed E-state index contributed by atoms with van der Waals surface area (Å²) in [6.07, 6.45) is 0. The van der Waals surface area contributed by atoms with Gasteiger partial charge in [-0.25, -0.2) is 9.59 Å². The van der Waals surface area contributed by atoms with E-state index in [0.717, 1.165) is 21.4 Å². The van der Waals surface area contributed by atoms with Gasteiger partial charge in [-0.3, -0.25) is 0 Å². The fraction of sp³-hybridized carbons (Fsp3) is 0.115. The van der Waals surface area contributed by atoms with E-state index < -0.39 is 11.6 Å². The van der Waals surface area contributed by atoms with Gasteiger partial charge >= 0.3 is 11.6 Å². The van der Waals surface area contributed by atoms with Crippen LogP contribution < -0.4 is 5.63 Å². The van der Waals surface area contributed by atoms with Gasteiger partial charge in [0.25, 0.3) is 0 Å². The van der Waals surface area contributed by atoms with Gasteiger partial charge in [0.2, 0.25) is 0 Å². The number of esters is 1. The number of hydrogen-bond acceptors (Lipinski definition) is 6. The second kappa shape index (κ2) is 9.13. The first kappa shape index (κ1) is 21.4. The third kappa shape index (κ3) is 4.29. The van der Waals surface area contributed by atoms with Crippen molar-refractivity contribution in [3.63, 3.8) is 0 Å². The second-order valence-electron chi connectivity index (χ2n) is 7.26. The van der Waals surface area contributed by atoms with Crippen LogP contribution in [0, 0.1) is 25.2 Å². The number of carbonyl (C=O) groups excluding carboxylic acids is 1. The van der Waals surface area contributed by atoms with Crippen LogP contribution in [0.4, 0.5) is 0 Å². The maximum atomic E-state index is 12.9. The third-order valence-corrected chi connectivity index (χ3v) is 6.36. The summed E-state index contributed by atoms with van der Waals surface area (Å²) in [5.74, 6) is -0.507. The molecule has 3 aromatic carbocycles. The first-order valence-electron chi connectivity index (χ1n) is 9.94. The predicted octanol–water partition coefficient (Wildman–Crippen LogP) is 5.79. The van der Waals surface area contributed by atoms with E-state index in [1.165, 1.54) is 17.8 Å². The summed E-state index contributed by atoms with van der Waals surface area (Å²) < 4.78 is 11.0. The zero-order chi connectivity index (χ0) is 22.7. The van der Waals surface area contributed by atoms with Crippen molar-refractivity contribution < 1.29 is 13.9 Å². The van der Waals surface area contributed by atoms with Crippen molar-refractivity contribution >= 4 is 28.7 Å². The van der Waals surface area contributed by atoms with Gasteiger partial charge in [-0.05, 0) is 49.2 Å². The van der Waals surface area contributed by atoms with Crippen LogP contribution in [-0.4, -0.2) is 5.97 Å². The van der Waals surface area contributed by atoms with Crippen LogP contribution >= 0.6 is 11.8 Å². The molecule has 32 heavy (non-hydrogen) atoms. The number of hydrogen-bond donors (Lipinski definition) is 0. The molecule has 0 N–H and O–H groups in total. The summed E-state index contributed by atoms with van der Waals surface area (Å²) in [7, 11) is 0. The van der Waals surface area contributed by atoms with E-state index in [2.05, 4.69) is 6.07 Å². The molecule has 158 valence electrons. The summed E-state index contributed by atoms with van der Waals surface area (Å²) in [6.45, 7) is 3.78. The molecular formula is C26H19NO4S. The lowest BCUT2D eigenvalue weighted by atomic mass is 10.0. The zero-order valence-electron chi connectivity index (χ0n) is 17.5. The van der Waals surface area contributed by atoms with Crippen molar-refractivity contribution in [1.29, 1.82) is 5.26 Å². The van der Waals surface area contributed by atoms with Crippen molar-refractivity contribution in [3.05, 3.63) is 105 Å². The number of nitriles is 1. The van der Waals surface area contributed by atoms with Gasteiger partial charge in [-0.15, -0.1) is 0 Å². The first-order chi connectivity index (χ1) is 15.5. The smallest absolute Gasteiger partial charge is 0.339 e. The molecule has 0 aliphatic heterocycles. The van der Waals surface area contributed by atoms with E-state index >= 15 is 0 Å². The number of carbonyl (C=O) groups is 1. The number of nitrogens with zero attached hydrogens (tertiary/aromatic N) is 1. The minimum absolute atomic E-state index is 0.0583. The monoisotopic (exact) mass is 441 g/mol. The average Bonchev–Trinajstić information content (AvgIpc) is 2.80. The second-order valence-corrected chi connectivity index (χ2v) is 8.34. The van der Waals surface area contributed by atoms with E-state index in [9.17, 15) is 14.9 Å². The van der Waals surface area contributed by atoms with Crippen LogP contribution in [0.5, 0.6) is 0 Å². The Labute approximate surface area is 189 Å². The van der Waals surface area contributed by atoms with Crippen LogP contribution in [0.25, 0.3) is 11.0 Å².